The van der Waals surface area contributed by atoms with Crippen LogP contribution in [-0.2, 0) is 19.6 Å². The zero-order chi connectivity index (χ0) is 19.9. The van der Waals surface area contributed by atoms with Crippen molar-refractivity contribution in [3.05, 3.63) is 30.1 Å². The van der Waals surface area contributed by atoms with E-state index in [4.69, 9.17) is 4.74 Å². The van der Waals surface area contributed by atoms with Gasteiger partial charge in [-0.05, 0) is 62.1 Å². The van der Waals surface area contributed by atoms with Crippen LogP contribution in [0, 0.1) is 17.7 Å². The van der Waals surface area contributed by atoms with Crippen LogP contribution >= 0.6 is 0 Å². The third-order valence-electron chi connectivity index (χ3n) is 6.35. The molecule has 28 heavy (non-hydrogen) atoms. The van der Waals surface area contributed by atoms with Crippen LogP contribution in [0.2, 0.25) is 0 Å². The van der Waals surface area contributed by atoms with Gasteiger partial charge in [-0.1, -0.05) is 13.0 Å². The number of carbonyl (C=O) groups is 1. The lowest BCUT2D eigenvalue weighted by molar-refractivity contribution is -0.145. The Morgan fingerprint density at radius 2 is 2.11 bits per heavy atom. The Morgan fingerprint density at radius 1 is 1.32 bits per heavy atom. The highest BCUT2D eigenvalue weighted by Crippen LogP contribution is 2.43. The predicted molar refractivity (Wildman–Crippen MR) is 102 cm³/mol. The molecule has 3 aliphatic rings. The fraction of sp³-hybridized carbons (Fsp3) is 0.650. The lowest BCUT2D eigenvalue weighted by Crippen LogP contribution is -2.53. The number of piperidine rings is 1. The van der Waals surface area contributed by atoms with Crippen molar-refractivity contribution < 1.29 is 22.3 Å². The molecule has 1 spiro atoms. The molecule has 154 valence electrons. The van der Waals surface area contributed by atoms with E-state index in [0.717, 1.165) is 19.0 Å². The fourth-order valence-corrected chi connectivity index (χ4v) is 5.87. The van der Waals surface area contributed by atoms with Gasteiger partial charge in [0.05, 0.1) is 10.5 Å². The molecule has 0 unspecified atom stereocenters. The van der Waals surface area contributed by atoms with Crippen LogP contribution in [0.5, 0.6) is 0 Å². The van der Waals surface area contributed by atoms with Crippen LogP contribution in [0.4, 0.5) is 4.39 Å². The standard InChI is InChI=1S/C20H27FN2O4S/c1-14-13-23(28(25,26)17-4-2-3-16(21)11-17)10-9-20(14)8-7-18(27-20)19(24)22-12-15-5-6-15/h2-4,11,14-15,18H,5-10,12-13H2,1H3,(H,22,24)/t14-,18-,20+/m0/s1. The smallest absolute Gasteiger partial charge is 0.249 e. The molecule has 2 saturated heterocycles. The second-order valence-electron chi connectivity index (χ2n) is 8.37. The van der Waals surface area contributed by atoms with Gasteiger partial charge in [-0.3, -0.25) is 4.79 Å². The normalized spacial score (nSPS) is 31.2. The Bertz CT molecular complexity index is 858. The molecule has 1 aliphatic carbocycles. The van der Waals surface area contributed by atoms with E-state index in [-0.39, 0.29) is 16.7 Å². The van der Waals surface area contributed by atoms with Gasteiger partial charge in [-0.15, -0.1) is 0 Å². The molecule has 2 aliphatic heterocycles. The highest BCUT2D eigenvalue weighted by molar-refractivity contribution is 7.89. The maximum atomic E-state index is 13.5. The molecule has 1 amide bonds. The van der Waals surface area contributed by atoms with Crippen LogP contribution in [-0.4, -0.2) is 50.0 Å². The predicted octanol–water partition coefficient (Wildman–Crippen LogP) is 2.30. The van der Waals surface area contributed by atoms with Gasteiger partial charge in [-0.25, -0.2) is 12.8 Å². The van der Waals surface area contributed by atoms with Gasteiger partial charge in [0.2, 0.25) is 15.9 Å². The van der Waals surface area contributed by atoms with Crippen molar-refractivity contribution in [1.82, 2.24) is 9.62 Å². The highest BCUT2D eigenvalue weighted by Gasteiger charge is 2.50. The van der Waals surface area contributed by atoms with E-state index < -0.39 is 27.5 Å². The van der Waals surface area contributed by atoms with E-state index in [1.165, 1.54) is 35.3 Å². The molecule has 3 atom stereocenters. The van der Waals surface area contributed by atoms with E-state index >= 15 is 0 Å². The number of benzene rings is 1. The maximum absolute atomic E-state index is 13.5. The molecule has 6 nitrogen and oxygen atoms in total. The van der Waals surface area contributed by atoms with Gasteiger partial charge in [0, 0.05) is 19.6 Å². The molecule has 0 radical (unpaired) electrons. The summed E-state index contributed by atoms with van der Waals surface area (Å²) in [5.41, 5.74) is -0.463. The lowest BCUT2D eigenvalue weighted by Gasteiger charge is -2.43. The van der Waals surface area contributed by atoms with Crippen molar-refractivity contribution in [1.29, 1.82) is 0 Å². The summed E-state index contributed by atoms with van der Waals surface area (Å²) in [6.07, 6.45) is 3.87. The number of nitrogens with zero attached hydrogens (tertiary/aromatic N) is 1. The van der Waals surface area contributed by atoms with Crippen LogP contribution in [0.15, 0.2) is 29.2 Å². The first-order chi connectivity index (χ1) is 13.3. The van der Waals surface area contributed by atoms with Crippen LogP contribution < -0.4 is 5.32 Å². The monoisotopic (exact) mass is 410 g/mol. The Labute approximate surface area is 165 Å². The van der Waals surface area contributed by atoms with Gasteiger partial charge in [0.1, 0.15) is 11.9 Å². The van der Waals surface area contributed by atoms with Crippen LogP contribution in [0.3, 0.4) is 0 Å². The van der Waals surface area contributed by atoms with Crippen molar-refractivity contribution >= 4 is 15.9 Å². The summed E-state index contributed by atoms with van der Waals surface area (Å²) in [6.45, 7) is 3.30. The average molecular weight is 411 g/mol. The summed E-state index contributed by atoms with van der Waals surface area (Å²) < 4.78 is 46.8. The molecule has 1 saturated carbocycles. The molecule has 1 aromatic carbocycles. The molecular formula is C20H27FN2O4S. The first-order valence-corrected chi connectivity index (χ1v) is 11.5. The number of ether oxygens (including phenoxy) is 1. The van der Waals surface area contributed by atoms with Gasteiger partial charge < -0.3 is 10.1 Å². The van der Waals surface area contributed by atoms with Gasteiger partial charge in [0.15, 0.2) is 0 Å². The number of carbonyl (C=O) groups excluding carboxylic acids is 1. The Hall–Kier alpha value is -1.51. The zero-order valence-electron chi connectivity index (χ0n) is 16.1. The lowest BCUT2D eigenvalue weighted by atomic mass is 9.81. The number of hydrogen-bond donors (Lipinski definition) is 1. The molecular weight excluding hydrogens is 383 g/mol. The molecule has 3 fully saturated rings. The number of amides is 1. The van der Waals surface area contributed by atoms with E-state index in [9.17, 15) is 17.6 Å². The fourth-order valence-electron chi connectivity index (χ4n) is 4.31. The van der Waals surface area contributed by atoms with Crippen molar-refractivity contribution in [2.75, 3.05) is 19.6 Å². The van der Waals surface area contributed by atoms with Crippen molar-refractivity contribution in [2.24, 2.45) is 11.8 Å². The SMILES string of the molecule is C[C@H]1CN(S(=O)(=O)c2cccc(F)c2)CC[C@]12CC[C@@H](C(=O)NCC1CC1)O2. The third kappa shape index (κ3) is 3.82. The molecule has 4 rings (SSSR count). The zero-order valence-corrected chi connectivity index (χ0v) is 16.9. The van der Waals surface area contributed by atoms with Gasteiger partial charge >= 0.3 is 0 Å². The summed E-state index contributed by atoms with van der Waals surface area (Å²) in [5.74, 6) is -0.0483. The van der Waals surface area contributed by atoms with E-state index in [0.29, 0.717) is 31.8 Å². The Balaban J connectivity index is 1.40. The quantitative estimate of drug-likeness (QED) is 0.808. The summed E-state index contributed by atoms with van der Waals surface area (Å²) in [5, 5.41) is 2.98. The molecule has 0 aromatic heterocycles. The number of nitrogens with one attached hydrogen (secondary N) is 1. The Kier molecular flexibility index (Phi) is 5.22. The largest absolute Gasteiger partial charge is 0.362 e. The van der Waals surface area contributed by atoms with E-state index in [2.05, 4.69) is 5.32 Å². The maximum Gasteiger partial charge on any atom is 0.249 e. The second kappa shape index (κ2) is 7.39. The summed E-state index contributed by atoms with van der Waals surface area (Å²) >= 11 is 0. The van der Waals surface area contributed by atoms with E-state index in [1.54, 1.807) is 0 Å². The van der Waals surface area contributed by atoms with Crippen LogP contribution in [0.1, 0.15) is 39.0 Å². The summed E-state index contributed by atoms with van der Waals surface area (Å²) in [4.78, 5) is 12.3. The van der Waals surface area contributed by atoms with E-state index in [1.807, 2.05) is 6.92 Å². The minimum Gasteiger partial charge on any atom is -0.362 e. The van der Waals surface area contributed by atoms with Crippen molar-refractivity contribution in [3.8, 4) is 0 Å². The summed E-state index contributed by atoms with van der Waals surface area (Å²) in [6, 6.07) is 5.10. The number of hydrogen-bond acceptors (Lipinski definition) is 4. The minimum atomic E-state index is -3.75. The highest BCUT2D eigenvalue weighted by atomic mass is 32.2. The third-order valence-corrected chi connectivity index (χ3v) is 8.22. The first kappa shape index (κ1) is 19.8. The first-order valence-electron chi connectivity index (χ1n) is 10.0. The molecule has 8 heteroatoms. The number of rotatable bonds is 5. The second-order valence-corrected chi connectivity index (χ2v) is 10.3. The number of sulfonamides is 1. The number of halogens is 1. The van der Waals surface area contributed by atoms with Gasteiger partial charge in [-0.2, -0.15) is 4.31 Å². The van der Waals surface area contributed by atoms with Crippen molar-refractivity contribution in [3.63, 3.8) is 0 Å². The molecule has 0 bridgehead atoms. The summed E-state index contributed by atoms with van der Waals surface area (Å²) in [7, 11) is -3.75. The molecule has 1 N–H and O–H groups in total. The minimum absolute atomic E-state index is 0.0275. The molecule has 2 heterocycles. The van der Waals surface area contributed by atoms with Crippen molar-refractivity contribution in [2.45, 2.75) is 55.6 Å². The average Bonchev–Trinajstić information content (AvgIpc) is 3.40. The topological polar surface area (TPSA) is 75.7 Å². The Morgan fingerprint density at radius 3 is 2.79 bits per heavy atom. The van der Waals surface area contributed by atoms with Crippen LogP contribution in [0.25, 0.3) is 0 Å². The van der Waals surface area contributed by atoms with Gasteiger partial charge in [0.25, 0.3) is 0 Å². The molecule has 1 aromatic rings.